The molecule has 1 aromatic rings. The van der Waals surface area contributed by atoms with Crippen LogP contribution >= 0.6 is 0 Å². The van der Waals surface area contributed by atoms with Gasteiger partial charge >= 0.3 is 11.9 Å². The monoisotopic (exact) mass is 298 g/mol. The molecule has 3 aliphatic carbocycles. The van der Waals surface area contributed by atoms with E-state index in [-0.39, 0.29) is 18.4 Å². The van der Waals surface area contributed by atoms with Crippen molar-refractivity contribution in [2.75, 3.05) is 7.11 Å². The van der Waals surface area contributed by atoms with Gasteiger partial charge in [0.25, 0.3) is 0 Å². The van der Waals surface area contributed by atoms with Crippen LogP contribution in [0.5, 0.6) is 0 Å². The highest BCUT2D eigenvalue weighted by Gasteiger charge is 2.39. The minimum atomic E-state index is -0.425. The van der Waals surface area contributed by atoms with Crippen molar-refractivity contribution in [3.05, 3.63) is 59.2 Å². The molecule has 0 radical (unpaired) electrons. The molecule has 0 aromatic heterocycles. The van der Waals surface area contributed by atoms with E-state index in [1.165, 1.54) is 7.11 Å². The fraction of sp³-hybridized carbons (Fsp3) is 0.333. The van der Waals surface area contributed by atoms with Crippen molar-refractivity contribution in [1.82, 2.24) is 0 Å². The van der Waals surface area contributed by atoms with Crippen molar-refractivity contribution in [1.29, 1.82) is 0 Å². The molecule has 0 saturated heterocycles. The molecule has 3 aliphatic rings. The first-order valence-corrected chi connectivity index (χ1v) is 7.42. The number of esters is 2. The maximum Gasteiger partial charge on any atom is 0.335 e. The van der Waals surface area contributed by atoms with Gasteiger partial charge in [-0.3, -0.25) is 0 Å². The van der Waals surface area contributed by atoms with E-state index in [0.29, 0.717) is 11.1 Å². The van der Waals surface area contributed by atoms with Crippen LogP contribution in [0.1, 0.15) is 18.4 Å². The molecule has 22 heavy (non-hydrogen) atoms. The number of methoxy groups -OCH3 is 1. The van der Waals surface area contributed by atoms with Gasteiger partial charge < -0.3 is 9.47 Å². The molecular formula is C18H18O4. The summed E-state index contributed by atoms with van der Waals surface area (Å²) in [4.78, 5) is 24.5. The van der Waals surface area contributed by atoms with E-state index in [2.05, 4.69) is 0 Å². The number of carbonyl (C=O) groups excluding carboxylic acids is 2. The van der Waals surface area contributed by atoms with Gasteiger partial charge in [0.15, 0.2) is 0 Å². The Balaban J connectivity index is 1.81. The average molecular weight is 298 g/mol. The summed E-state index contributed by atoms with van der Waals surface area (Å²) < 4.78 is 10.3. The number of fused-ring (bicyclic) bond motifs is 1. The molecule has 0 aliphatic heterocycles. The zero-order chi connectivity index (χ0) is 15.5. The number of benzene rings is 1. The first kappa shape index (κ1) is 14.6. The summed E-state index contributed by atoms with van der Waals surface area (Å²) in [5, 5.41) is 0. The number of rotatable bonds is 4. The standard InChI is InChI=1S/C18H18O4/c1-21-17(19)15-13-7-9-14(10-8-13)16(15)18(20)22-11-12-5-3-2-4-6-12/h2-7,9,13-14H,8,10-11H2,1H3/t13-,14+/m1/s1. The van der Waals surface area contributed by atoms with Gasteiger partial charge in [0.05, 0.1) is 18.3 Å². The van der Waals surface area contributed by atoms with E-state index >= 15 is 0 Å². The lowest BCUT2D eigenvalue weighted by atomic mass is 9.71. The molecule has 0 N–H and O–H groups in total. The molecule has 2 atom stereocenters. The van der Waals surface area contributed by atoms with Crippen molar-refractivity contribution in [2.24, 2.45) is 11.8 Å². The minimum absolute atomic E-state index is 0.0308. The fourth-order valence-electron chi connectivity index (χ4n) is 3.13. The van der Waals surface area contributed by atoms with Crippen LogP contribution in [0.3, 0.4) is 0 Å². The van der Waals surface area contributed by atoms with Crippen molar-refractivity contribution < 1.29 is 19.1 Å². The van der Waals surface area contributed by atoms with Gasteiger partial charge in [0, 0.05) is 11.8 Å². The molecule has 4 heteroatoms. The van der Waals surface area contributed by atoms with Gasteiger partial charge in [-0.2, -0.15) is 0 Å². The molecule has 0 saturated carbocycles. The summed E-state index contributed by atoms with van der Waals surface area (Å²) in [5.41, 5.74) is 1.87. The Labute approximate surface area is 129 Å². The molecule has 114 valence electrons. The quantitative estimate of drug-likeness (QED) is 0.633. The molecule has 0 heterocycles. The Morgan fingerprint density at radius 1 is 1.00 bits per heavy atom. The minimum Gasteiger partial charge on any atom is -0.466 e. The van der Waals surface area contributed by atoms with Crippen molar-refractivity contribution >= 4 is 11.9 Å². The molecule has 0 unspecified atom stereocenters. The molecule has 0 spiro atoms. The highest BCUT2D eigenvalue weighted by molar-refractivity contribution is 6.02. The second-order valence-corrected chi connectivity index (χ2v) is 5.56. The third kappa shape index (κ3) is 2.69. The van der Waals surface area contributed by atoms with Crippen molar-refractivity contribution in [3.8, 4) is 0 Å². The third-order valence-electron chi connectivity index (χ3n) is 4.23. The number of hydrogen-bond acceptors (Lipinski definition) is 4. The summed E-state index contributed by atoms with van der Waals surface area (Å²) in [6, 6.07) is 9.50. The lowest BCUT2D eigenvalue weighted by Gasteiger charge is -2.33. The Hall–Kier alpha value is -2.36. The second kappa shape index (κ2) is 6.18. The third-order valence-corrected chi connectivity index (χ3v) is 4.23. The van der Waals surface area contributed by atoms with Crippen molar-refractivity contribution in [2.45, 2.75) is 19.4 Å². The smallest absolute Gasteiger partial charge is 0.335 e. The Bertz CT molecular complexity index is 642. The summed E-state index contributed by atoms with van der Waals surface area (Å²) in [7, 11) is 1.34. The molecule has 1 aromatic carbocycles. The van der Waals surface area contributed by atoms with Crippen LogP contribution in [0.15, 0.2) is 53.6 Å². The summed E-state index contributed by atoms with van der Waals surface area (Å²) >= 11 is 0. The molecule has 4 nitrogen and oxygen atoms in total. The number of hydrogen-bond donors (Lipinski definition) is 0. The number of allylic oxidation sites excluding steroid dienone is 2. The molecule has 0 fully saturated rings. The van der Waals surface area contributed by atoms with Gasteiger partial charge in [0.2, 0.25) is 0 Å². The van der Waals surface area contributed by atoms with Crippen LogP contribution in [0.2, 0.25) is 0 Å². The fourth-order valence-corrected chi connectivity index (χ4v) is 3.13. The zero-order valence-corrected chi connectivity index (χ0v) is 12.5. The Morgan fingerprint density at radius 3 is 2.14 bits per heavy atom. The van der Waals surface area contributed by atoms with Crippen molar-refractivity contribution in [3.63, 3.8) is 0 Å². The predicted molar refractivity (Wildman–Crippen MR) is 80.6 cm³/mol. The summed E-state index contributed by atoms with van der Waals surface area (Å²) in [6.45, 7) is 0.207. The van der Waals surface area contributed by atoms with Crippen LogP contribution in [-0.4, -0.2) is 19.0 Å². The average Bonchev–Trinajstić information content (AvgIpc) is 2.60. The largest absolute Gasteiger partial charge is 0.466 e. The first-order chi connectivity index (χ1) is 10.7. The van der Waals surface area contributed by atoms with E-state index in [1.807, 2.05) is 42.5 Å². The normalized spacial score (nSPS) is 22.6. The van der Waals surface area contributed by atoms with Gasteiger partial charge in [-0.15, -0.1) is 0 Å². The Kier molecular flexibility index (Phi) is 4.09. The molecule has 4 rings (SSSR count). The molecule has 0 amide bonds. The highest BCUT2D eigenvalue weighted by atomic mass is 16.5. The maximum absolute atomic E-state index is 12.5. The van der Waals surface area contributed by atoms with E-state index in [1.54, 1.807) is 0 Å². The SMILES string of the molecule is COC(=O)C1=C(C(=O)OCc2ccccc2)[C@H]2C=C[C@@H]1CC2. The van der Waals surface area contributed by atoms with E-state index < -0.39 is 11.9 Å². The van der Waals surface area contributed by atoms with Gasteiger partial charge in [-0.1, -0.05) is 42.5 Å². The van der Waals surface area contributed by atoms with E-state index in [4.69, 9.17) is 9.47 Å². The van der Waals surface area contributed by atoms with Crippen LogP contribution < -0.4 is 0 Å². The topological polar surface area (TPSA) is 52.6 Å². The maximum atomic E-state index is 12.5. The van der Waals surface area contributed by atoms with Crippen LogP contribution in [0.25, 0.3) is 0 Å². The van der Waals surface area contributed by atoms with Crippen LogP contribution in [0.4, 0.5) is 0 Å². The molecule has 2 bridgehead atoms. The predicted octanol–water partition coefficient (Wildman–Crippen LogP) is 2.80. The highest BCUT2D eigenvalue weighted by Crippen LogP contribution is 2.41. The van der Waals surface area contributed by atoms with Gasteiger partial charge in [0.1, 0.15) is 6.61 Å². The number of carbonyl (C=O) groups is 2. The van der Waals surface area contributed by atoms with E-state index in [0.717, 1.165) is 18.4 Å². The van der Waals surface area contributed by atoms with Crippen LogP contribution in [-0.2, 0) is 25.7 Å². The van der Waals surface area contributed by atoms with Crippen LogP contribution in [0, 0.1) is 11.8 Å². The van der Waals surface area contributed by atoms with Gasteiger partial charge in [-0.05, 0) is 18.4 Å². The Morgan fingerprint density at radius 2 is 1.59 bits per heavy atom. The van der Waals surface area contributed by atoms with Gasteiger partial charge in [-0.25, -0.2) is 9.59 Å². The lowest BCUT2D eigenvalue weighted by molar-refractivity contribution is -0.143. The second-order valence-electron chi connectivity index (χ2n) is 5.56. The van der Waals surface area contributed by atoms with E-state index in [9.17, 15) is 9.59 Å². The lowest BCUT2D eigenvalue weighted by Crippen LogP contribution is -2.31. The zero-order valence-electron chi connectivity index (χ0n) is 12.5. The number of ether oxygens (including phenoxy) is 2. The summed E-state index contributed by atoms with van der Waals surface area (Å²) in [6.07, 6.45) is 5.74. The summed E-state index contributed by atoms with van der Waals surface area (Å²) in [5.74, 6) is -0.909. The molecular weight excluding hydrogens is 280 g/mol. The first-order valence-electron chi connectivity index (χ1n) is 7.42.